The molecule has 0 aliphatic carbocycles. The molecule has 1 aromatic heterocycles. The minimum atomic E-state index is 0.0950. The molecule has 1 aliphatic heterocycles. The van der Waals surface area contributed by atoms with Gasteiger partial charge in [-0.2, -0.15) is 0 Å². The van der Waals surface area contributed by atoms with Crippen LogP contribution in [0, 0.1) is 12.8 Å². The fraction of sp³-hybridized carbons (Fsp3) is 0.667. The van der Waals surface area contributed by atoms with Crippen molar-refractivity contribution in [3.8, 4) is 0 Å². The summed E-state index contributed by atoms with van der Waals surface area (Å²) in [5, 5.41) is 9.98. The minimum absolute atomic E-state index is 0.0950. The van der Waals surface area contributed by atoms with Gasteiger partial charge in [0.15, 0.2) is 0 Å². The Balaban J connectivity index is 1.63. The van der Waals surface area contributed by atoms with Gasteiger partial charge in [-0.05, 0) is 38.8 Å². The molecule has 0 bridgehead atoms. The van der Waals surface area contributed by atoms with Crippen molar-refractivity contribution in [2.45, 2.75) is 32.7 Å². The molecular formula is C12H19N3O2. The molecule has 0 spiro atoms. The van der Waals surface area contributed by atoms with E-state index in [0.29, 0.717) is 18.9 Å². The van der Waals surface area contributed by atoms with E-state index in [4.69, 9.17) is 4.52 Å². The molecular weight excluding hydrogens is 218 g/mol. The highest BCUT2D eigenvalue weighted by molar-refractivity contribution is 5.75. The van der Waals surface area contributed by atoms with Gasteiger partial charge in [-0.3, -0.25) is 4.79 Å². The molecule has 1 saturated heterocycles. The Morgan fingerprint density at radius 1 is 1.71 bits per heavy atom. The quantitative estimate of drug-likeness (QED) is 0.801. The van der Waals surface area contributed by atoms with Crippen molar-refractivity contribution in [1.82, 2.24) is 15.8 Å². The summed E-state index contributed by atoms with van der Waals surface area (Å²) in [4.78, 5) is 11.6. The first-order valence-corrected chi connectivity index (χ1v) is 6.13. The summed E-state index contributed by atoms with van der Waals surface area (Å²) in [6.45, 7) is 4.44. The van der Waals surface area contributed by atoms with Crippen LogP contribution in [0.15, 0.2) is 10.6 Å². The fourth-order valence-electron chi connectivity index (χ4n) is 2.07. The van der Waals surface area contributed by atoms with E-state index in [1.54, 1.807) is 0 Å². The highest BCUT2D eigenvalue weighted by atomic mass is 16.5. The second kappa shape index (κ2) is 5.82. The average Bonchev–Trinajstić information content (AvgIpc) is 2.95. The number of aryl methyl sites for hydroxylation is 1. The van der Waals surface area contributed by atoms with Crippen LogP contribution in [0.25, 0.3) is 0 Å². The van der Waals surface area contributed by atoms with Gasteiger partial charge >= 0.3 is 0 Å². The predicted octanol–water partition coefficient (Wildman–Crippen LogP) is 0.989. The molecule has 1 unspecified atom stereocenters. The second-order valence-corrected chi connectivity index (χ2v) is 4.60. The predicted molar refractivity (Wildman–Crippen MR) is 63.3 cm³/mol. The molecule has 5 heteroatoms. The lowest BCUT2D eigenvalue weighted by molar-refractivity contribution is -0.121. The number of aromatic nitrogens is 1. The molecule has 17 heavy (non-hydrogen) atoms. The van der Waals surface area contributed by atoms with Gasteiger partial charge < -0.3 is 15.2 Å². The van der Waals surface area contributed by atoms with Gasteiger partial charge in [0.1, 0.15) is 11.5 Å². The Kier molecular flexibility index (Phi) is 4.14. The SMILES string of the molecule is Cc1cc(CNC(=O)CCC2CCNC2)no1. The zero-order valence-electron chi connectivity index (χ0n) is 10.2. The Morgan fingerprint density at radius 3 is 3.24 bits per heavy atom. The van der Waals surface area contributed by atoms with E-state index in [1.807, 2.05) is 13.0 Å². The van der Waals surface area contributed by atoms with Gasteiger partial charge in [0.25, 0.3) is 0 Å². The minimum Gasteiger partial charge on any atom is -0.361 e. The van der Waals surface area contributed by atoms with Gasteiger partial charge in [0.2, 0.25) is 5.91 Å². The van der Waals surface area contributed by atoms with Gasteiger partial charge in [-0.15, -0.1) is 0 Å². The van der Waals surface area contributed by atoms with Crippen molar-refractivity contribution >= 4 is 5.91 Å². The Labute approximate surface area is 101 Å². The third kappa shape index (κ3) is 3.85. The van der Waals surface area contributed by atoms with Crippen molar-refractivity contribution in [1.29, 1.82) is 0 Å². The Morgan fingerprint density at radius 2 is 2.59 bits per heavy atom. The summed E-state index contributed by atoms with van der Waals surface area (Å²) in [5.41, 5.74) is 0.776. The molecule has 94 valence electrons. The zero-order chi connectivity index (χ0) is 12.1. The summed E-state index contributed by atoms with van der Waals surface area (Å²) in [6.07, 6.45) is 2.76. The largest absolute Gasteiger partial charge is 0.361 e. The summed E-state index contributed by atoms with van der Waals surface area (Å²) >= 11 is 0. The summed E-state index contributed by atoms with van der Waals surface area (Å²) in [6, 6.07) is 1.83. The average molecular weight is 237 g/mol. The van der Waals surface area contributed by atoms with Gasteiger partial charge in [0.05, 0.1) is 6.54 Å². The second-order valence-electron chi connectivity index (χ2n) is 4.60. The fourth-order valence-corrected chi connectivity index (χ4v) is 2.07. The summed E-state index contributed by atoms with van der Waals surface area (Å²) in [7, 11) is 0. The van der Waals surface area contributed by atoms with Crippen molar-refractivity contribution in [2.24, 2.45) is 5.92 Å². The molecule has 5 nitrogen and oxygen atoms in total. The highest BCUT2D eigenvalue weighted by Gasteiger charge is 2.15. The standard InChI is InChI=1S/C12H19N3O2/c1-9-6-11(15-17-9)8-14-12(16)3-2-10-4-5-13-7-10/h6,10,13H,2-5,7-8H2,1H3,(H,14,16). The van der Waals surface area contributed by atoms with Gasteiger partial charge in [-0.25, -0.2) is 0 Å². The van der Waals surface area contributed by atoms with Gasteiger partial charge in [0, 0.05) is 12.5 Å². The third-order valence-corrected chi connectivity index (χ3v) is 3.09. The van der Waals surface area contributed by atoms with E-state index < -0.39 is 0 Å². The molecule has 2 rings (SSSR count). The lowest BCUT2D eigenvalue weighted by Gasteiger charge is -2.07. The van der Waals surface area contributed by atoms with Crippen LogP contribution in [0.4, 0.5) is 0 Å². The number of carbonyl (C=O) groups is 1. The Bertz CT molecular complexity index is 370. The highest BCUT2D eigenvalue weighted by Crippen LogP contribution is 2.13. The summed E-state index contributed by atoms with van der Waals surface area (Å²) < 4.78 is 4.93. The van der Waals surface area contributed by atoms with E-state index in [-0.39, 0.29) is 5.91 Å². The van der Waals surface area contributed by atoms with E-state index in [9.17, 15) is 4.79 Å². The first kappa shape index (κ1) is 12.1. The molecule has 1 aliphatic rings. The van der Waals surface area contributed by atoms with E-state index in [1.165, 1.54) is 6.42 Å². The lowest BCUT2D eigenvalue weighted by atomic mass is 10.0. The zero-order valence-corrected chi connectivity index (χ0v) is 10.2. The number of carbonyl (C=O) groups excluding carboxylic acids is 1. The number of amides is 1. The monoisotopic (exact) mass is 237 g/mol. The Hall–Kier alpha value is -1.36. The van der Waals surface area contributed by atoms with Crippen LogP contribution in [0.3, 0.4) is 0 Å². The van der Waals surface area contributed by atoms with E-state index in [0.717, 1.165) is 31.0 Å². The molecule has 0 radical (unpaired) electrons. The number of nitrogens with one attached hydrogen (secondary N) is 2. The smallest absolute Gasteiger partial charge is 0.220 e. The first-order chi connectivity index (χ1) is 8.24. The van der Waals surface area contributed by atoms with Crippen molar-refractivity contribution in [3.05, 3.63) is 17.5 Å². The van der Waals surface area contributed by atoms with Crippen molar-refractivity contribution in [2.75, 3.05) is 13.1 Å². The van der Waals surface area contributed by atoms with E-state index >= 15 is 0 Å². The van der Waals surface area contributed by atoms with Crippen LogP contribution >= 0.6 is 0 Å². The number of hydrogen-bond donors (Lipinski definition) is 2. The third-order valence-electron chi connectivity index (χ3n) is 3.09. The van der Waals surface area contributed by atoms with Crippen molar-refractivity contribution in [3.63, 3.8) is 0 Å². The maximum absolute atomic E-state index is 11.6. The number of rotatable bonds is 5. The number of hydrogen-bond acceptors (Lipinski definition) is 4. The maximum atomic E-state index is 11.6. The van der Waals surface area contributed by atoms with Crippen LogP contribution < -0.4 is 10.6 Å². The molecule has 1 fully saturated rings. The van der Waals surface area contributed by atoms with Crippen LogP contribution in [-0.4, -0.2) is 24.2 Å². The molecule has 1 amide bonds. The van der Waals surface area contributed by atoms with Crippen LogP contribution in [0.2, 0.25) is 0 Å². The molecule has 0 aromatic carbocycles. The molecule has 1 atom stereocenters. The normalized spacial score (nSPS) is 19.5. The summed E-state index contributed by atoms with van der Waals surface area (Å²) in [5.74, 6) is 1.53. The molecule has 2 N–H and O–H groups in total. The van der Waals surface area contributed by atoms with Gasteiger partial charge in [-0.1, -0.05) is 5.16 Å². The van der Waals surface area contributed by atoms with Crippen molar-refractivity contribution < 1.29 is 9.32 Å². The number of nitrogens with zero attached hydrogens (tertiary/aromatic N) is 1. The lowest BCUT2D eigenvalue weighted by Crippen LogP contribution is -2.23. The van der Waals surface area contributed by atoms with Crippen LogP contribution in [0.1, 0.15) is 30.7 Å². The molecule has 0 saturated carbocycles. The van der Waals surface area contributed by atoms with Crippen LogP contribution in [0.5, 0.6) is 0 Å². The first-order valence-electron chi connectivity index (χ1n) is 6.13. The van der Waals surface area contributed by atoms with E-state index in [2.05, 4.69) is 15.8 Å². The van der Waals surface area contributed by atoms with Crippen LogP contribution in [-0.2, 0) is 11.3 Å². The maximum Gasteiger partial charge on any atom is 0.220 e. The molecule has 2 heterocycles. The molecule has 1 aromatic rings. The topological polar surface area (TPSA) is 67.2 Å².